The molecule has 0 saturated carbocycles. The van der Waals surface area contributed by atoms with E-state index in [-0.39, 0.29) is 5.92 Å². The number of hydrogen-bond donors (Lipinski definition) is 0. The third-order valence-corrected chi connectivity index (χ3v) is 0.906. The van der Waals surface area contributed by atoms with E-state index in [2.05, 4.69) is 27.4 Å². The maximum Gasteiger partial charge on any atom is 0.0333 e. The number of hydrogen-bond acceptors (Lipinski definition) is 0. The second-order valence-electron chi connectivity index (χ2n) is 2.15. The zero-order chi connectivity index (χ0) is 6.57. The molecule has 0 spiro atoms. The van der Waals surface area contributed by atoms with E-state index in [1.807, 2.05) is 0 Å². The van der Waals surface area contributed by atoms with Gasteiger partial charge in [0.15, 0.2) is 0 Å². The predicted molar refractivity (Wildman–Crippen MR) is 37.9 cm³/mol. The highest BCUT2D eigenvalue weighted by atomic mass is 14.0. The van der Waals surface area contributed by atoms with Gasteiger partial charge in [0.1, 0.15) is 0 Å². The maximum atomic E-state index is 3.73. The first-order valence-corrected chi connectivity index (χ1v) is 2.79. The average Bonchev–Trinajstić information content (AvgIpc) is 1.61. The van der Waals surface area contributed by atoms with Crippen LogP contribution in [0, 0.1) is 26.7 Å². The van der Waals surface area contributed by atoms with Gasteiger partial charge in [-0.3, -0.25) is 6.92 Å². The summed E-state index contributed by atoms with van der Waals surface area (Å²) in [6.45, 7) is 14.8. The Labute approximate surface area is 52.6 Å². The van der Waals surface area contributed by atoms with Crippen molar-refractivity contribution in [3.63, 3.8) is 0 Å². The Hall–Kier alpha value is -0.390. The maximum absolute atomic E-state index is 3.73. The highest BCUT2D eigenvalue weighted by Gasteiger charge is 1.91. The largest absolute Gasteiger partial charge is 0.296 e. The third-order valence-electron chi connectivity index (χ3n) is 0.906. The van der Waals surface area contributed by atoms with Crippen LogP contribution < -0.4 is 0 Å². The fourth-order valence-corrected chi connectivity index (χ4v) is 0.408. The van der Waals surface area contributed by atoms with E-state index < -0.39 is 0 Å². The van der Waals surface area contributed by atoms with Gasteiger partial charge in [0.25, 0.3) is 0 Å². The summed E-state index contributed by atoms with van der Waals surface area (Å²) < 4.78 is 0. The summed E-state index contributed by atoms with van der Waals surface area (Å²) in [5, 5.41) is 0. The molecule has 0 saturated heterocycles. The van der Waals surface area contributed by atoms with Gasteiger partial charge in [-0.2, -0.15) is 0 Å². The summed E-state index contributed by atoms with van der Waals surface area (Å²) in [6.07, 6.45) is 1.96. The molecule has 0 aromatic carbocycles. The summed E-state index contributed by atoms with van der Waals surface area (Å²) in [7, 11) is 0. The Kier molecular flexibility index (Phi) is 3.42. The molecule has 0 nitrogen and oxygen atoms in total. The first-order chi connectivity index (χ1) is 3.63. The van der Waals surface area contributed by atoms with E-state index in [1.54, 1.807) is 0 Å². The first kappa shape index (κ1) is 7.61. The highest BCUT2D eigenvalue weighted by molar-refractivity contribution is 4.97. The van der Waals surface area contributed by atoms with Crippen LogP contribution >= 0.6 is 0 Å². The first-order valence-electron chi connectivity index (χ1n) is 2.79. The van der Waals surface area contributed by atoms with E-state index in [1.165, 1.54) is 0 Å². The summed E-state index contributed by atoms with van der Waals surface area (Å²) in [6, 6.07) is 0. The van der Waals surface area contributed by atoms with Crippen LogP contribution in [0.2, 0.25) is 0 Å². The minimum Gasteiger partial charge on any atom is -0.296 e. The van der Waals surface area contributed by atoms with Gasteiger partial charge in [0, 0.05) is 6.92 Å². The molecule has 0 unspecified atom stereocenters. The van der Waals surface area contributed by atoms with Crippen molar-refractivity contribution in [2.24, 2.45) is 5.92 Å². The van der Waals surface area contributed by atoms with Crippen LogP contribution in [0.25, 0.3) is 0 Å². The Morgan fingerprint density at radius 2 is 2.25 bits per heavy atom. The van der Waals surface area contributed by atoms with Crippen molar-refractivity contribution in [2.75, 3.05) is 0 Å². The summed E-state index contributed by atoms with van der Waals surface area (Å²) >= 11 is 0. The highest BCUT2D eigenvalue weighted by Crippen LogP contribution is 2.06. The topological polar surface area (TPSA) is 0 Å². The van der Waals surface area contributed by atoms with Crippen molar-refractivity contribution >= 4 is 0 Å². The van der Waals surface area contributed by atoms with Gasteiger partial charge in [0.2, 0.25) is 0 Å². The SMILES string of the molecule is [CH2]C(=C)CCC([CH2+])[CH2-]. The molecule has 1 radical (unpaired) electrons. The van der Waals surface area contributed by atoms with E-state index >= 15 is 0 Å². The fourth-order valence-electron chi connectivity index (χ4n) is 0.408. The molecule has 0 bridgehead atoms. The van der Waals surface area contributed by atoms with Crippen molar-refractivity contribution in [1.29, 1.82) is 0 Å². The zero-order valence-corrected chi connectivity index (χ0v) is 5.32. The van der Waals surface area contributed by atoms with Crippen LogP contribution in [-0.4, -0.2) is 0 Å². The predicted octanol–water partition coefficient (Wildman–Crippen LogP) is 2.44. The van der Waals surface area contributed by atoms with Crippen molar-refractivity contribution < 1.29 is 0 Å². The van der Waals surface area contributed by atoms with Gasteiger partial charge in [-0.25, -0.2) is 0 Å². The van der Waals surface area contributed by atoms with Crippen LogP contribution in [0.1, 0.15) is 12.8 Å². The molecule has 0 aliphatic carbocycles. The van der Waals surface area contributed by atoms with Crippen molar-refractivity contribution in [2.45, 2.75) is 12.8 Å². The fraction of sp³-hybridized carbons (Fsp3) is 0.375. The monoisotopic (exact) mass is 109 g/mol. The van der Waals surface area contributed by atoms with E-state index in [0.29, 0.717) is 0 Å². The quantitative estimate of drug-likeness (QED) is 0.488. The molecule has 0 rings (SSSR count). The molecule has 0 heteroatoms. The van der Waals surface area contributed by atoms with Crippen molar-refractivity contribution in [1.82, 2.24) is 0 Å². The van der Waals surface area contributed by atoms with Crippen LogP contribution in [-0.2, 0) is 0 Å². The molecule has 0 aromatic rings. The molecule has 0 amide bonds. The molecular formula is C8H13. The van der Waals surface area contributed by atoms with Gasteiger partial charge < -0.3 is 0 Å². The number of rotatable bonds is 3. The lowest BCUT2D eigenvalue weighted by Gasteiger charge is -2.01. The normalized spacial score (nSPS) is 13.2. The lowest BCUT2D eigenvalue weighted by molar-refractivity contribution is 0.704. The van der Waals surface area contributed by atoms with Crippen LogP contribution in [0.15, 0.2) is 12.2 Å². The molecule has 0 aromatic heterocycles. The van der Waals surface area contributed by atoms with Crippen LogP contribution in [0.5, 0.6) is 0 Å². The van der Waals surface area contributed by atoms with E-state index in [4.69, 9.17) is 0 Å². The second kappa shape index (κ2) is 3.59. The van der Waals surface area contributed by atoms with Crippen LogP contribution in [0.4, 0.5) is 0 Å². The molecule has 0 atom stereocenters. The third kappa shape index (κ3) is 5.61. The molecule has 45 valence electrons. The number of allylic oxidation sites excluding steroid dienone is 1. The van der Waals surface area contributed by atoms with Gasteiger partial charge in [-0.1, -0.05) is 12.2 Å². The molecular weight excluding hydrogens is 96.1 g/mol. The molecule has 0 aliphatic heterocycles. The van der Waals surface area contributed by atoms with Crippen molar-refractivity contribution in [3.05, 3.63) is 32.9 Å². The smallest absolute Gasteiger partial charge is 0.0333 e. The Morgan fingerprint density at radius 3 is 2.38 bits per heavy atom. The van der Waals surface area contributed by atoms with Gasteiger partial charge >= 0.3 is 0 Å². The van der Waals surface area contributed by atoms with Gasteiger partial charge in [-0.15, -0.1) is 0 Å². The summed E-state index contributed by atoms with van der Waals surface area (Å²) in [5.41, 5.74) is 0.974. The summed E-state index contributed by atoms with van der Waals surface area (Å²) in [4.78, 5) is 0. The van der Waals surface area contributed by atoms with E-state index in [0.717, 1.165) is 18.4 Å². The molecule has 0 N–H and O–H groups in total. The zero-order valence-electron chi connectivity index (χ0n) is 5.32. The lowest BCUT2D eigenvalue weighted by atomic mass is 10.1. The molecule has 8 heavy (non-hydrogen) atoms. The second-order valence-corrected chi connectivity index (χ2v) is 2.15. The molecule has 0 aliphatic rings. The lowest BCUT2D eigenvalue weighted by Crippen LogP contribution is -1.87. The van der Waals surface area contributed by atoms with Gasteiger partial charge in [0.05, 0.1) is 0 Å². The Morgan fingerprint density at radius 1 is 1.75 bits per heavy atom. The molecule has 0 fully saturated rings. The minimum atomic E-state index is 0.286. The van der Waals surface area contributed by atoms with Crippen LogP contribution in [0.3, 0.4) is 0 Å². The summed E-state index contributed by atoms with van der Waals surface area (Å²) in [5.74, 6) is 0.286. The standard InChI is InChI=1S/C8H13/c1-7(2)5-6-8(3)4/h7H,1-6H2. The van der Waals surface area contributed by atoms with Crippen molar-refractivity contribution in [3.8, 4) is 0 Å². The Balaban J connectivity index is 3.05. The Bertz CT molecular complexity index is 70.1. The van der Waals surface area contributed by atoms with Gasteiger partial charge in [-0.05, 0) is 25.7 Å². The average molecular weight is 109 g/mol. The van der Waals surface area contributed by atoms with E-state index in [9.17, 15) is 0 Å². The minimum absolute atomic E-state index is 0.286. The molecule has 0 heterocycles.